The highest BCUT2D eigenvalue weighted by atomic mass is 16.5. The van der Waals surface area contributed by atoms with Gasteiger partial charge in [0.25, 0.3) is 0 Å². The van der Waals surface area contributed by atoms with Gasteiger partial charge in [0.1, 0.15) is 18.5 Å². The van der Waals surface area contributed by atoms with Gasteiger partial charge in [0.2, 0.25) is 0 Å². The summed E-state index contributed by atoms with van der Waals surface area (Å²) in [6, 6.07) is 8.17. The number of aliphatic hydroxyl groups is 1. The minimum absolute atomic E-state index is 0.237. The molecule has 0 amide bonds. The minimum atomic E-state index is -0.499. The lowest BCUT2D eigenvalue weighted by Crippen LogP contribution is -2.36. The van der Waals surface area contributed by atoms with Crippen molar-refractivity contribution < 1.29 is 19.3 Å². The molecular formula is C19H33NO4. The number of hydrogen-bond donors (Lipinski definition) is 1. The molecule has 0 aromatic heterocycles. The topological polar surface area (TPSA) is 51.2 Å². The predicted molar refractivity (Wildman–Crippen MR) is 96.5 cm³/mol. The number of ether oxygens (including phenoxy) is 3. The molecule has 138 valence electrons. The van der Waals surface area contributed by atoms with Crippen LogP contribution < -0.4 is 4.74 Å². The van der Waals surface area contributed by atoms with Crippen molar-refractivity contribution in [3.63, 3.8) is 0 Å². The van der Waals surface area contributed by atoms with Crippen LogP contribution in [0.1, 0.15) is 33.3 Å². The zero-order valence-electron chi connectivity index (χ0n) is 15.7. The molecule has 0 aliphatic heterocycles. The second kappa shape index (κ2) is 11.4. The number of rotatable bonds is 12. The van der Waals surface area contributed by atoms with Crippen LogP contribution in [-0.2, 0) is 16.1 Å². The Labute approximate surface area is 146 Å². The summed E-state index contributed by atoms with van der Waals surface area (Å²) in [7, 11) is 1.99. The third-order valence-electron chi connectivity index (χ3n) is 3.69. The van der Waals surface area contributed by atoms with Gasteiger partial charge in [-0.05, 0) is 52.4 Å². The summed E-state index contributed by atoms with van der Waals surface area (Å²) in [6.07, 6.45) is -0.262. The molecule has 0 bridgehead atoms. The molecule has 5 heteroatoms. The molecule has 1 atom stereocenters. The second-order valence-corrected chi connectivity index (χ2v) is 6.61. The van der Waals surface area contributed by atoms with E-state index < -0.39 is 6.10 Å². The molecule has 0 saturated heterocycles. The van der Waals surface area contributed by atoms with E-state index in [0.717, 1.165) is 11.3 Å². The Bertz CT molecular complexity index is 433. The maximum Gasteiger partial charge on any atom is 0.119 e. The zero-order chi connectivity index (χ0) is 17.9. The van der Waals surface area contributed by atoms with Crippen LogP contribution in [-0.4, -0.2) is 61.7 Å². The van der Waals surface area contributed by atoms with Gasteiger partial charge in [0.15, 0.2) is 0 Å². The van der Waals surface area contributed by atoms with E-state index in [4.69, 9.17) is 14.2 Å². The molecule has 1 unspecified atom stereocenters. The summed E-state index contributed by atoms with van der Waals surface area (Å²) in [5.74, 6) is 0.758. The highest BCUT2D eigenvalue weighted by molar-refractivity contribution is 5.26. The van der Waals surface area contributed by atoms with E-state index in [-0.39, 0.29) is 6.10 Å². The first kappa shape index (κ1) is 20.9. The Balaban J connectivity index is 2.24. The lowest BCUT2D eigenvalue weighted by molar-refractivity contribution is 0.0143. The van der Waals surface area contributed by atoms with Gasteiger partial charge in [0.05, 0.1) is 25.9 Å². The molecule has 1 rings (SSSR count). The van der Waals surface area contributed by atoms with Gasteiger partial charge in [-0.2, -0.15) is 0 Å². The van der Waals surface area contributed by atoms with Crippen LogP contribution >= 0.6 is 0 Å². The Hall–Kier alpha value is -1.14. The summed E-state index contributed by atoms with van der Waals surface area (Å²) in [5.41, 5.74) is 1.09. The third kappa shape index (κ3) is 9.23. The van der Waals surface area contributed by atoms with Crippen LogP contribution in [0.3, 0.4) is 0 Å². The van der Waals surface area contributed by atoms with Gasteiger partial charge < -0.3 is 24.2 Å². The molecule has 5 nitrogen and oxygen atoms in total. The Morgan fingerprint density at radius 2 is 1.71 bits per heavy atom. The van der Waals surface area contributed by atoms with E-state index in [9.17, 15) is 5.11 Å². The molecule has 0 aliphatic carbocycles. The first-order valence-electron chi connectivity index (χ1n) is 8.68. The summed E-state index contributed by atoms with van der Waals surface area (Å²) in [4.78, 5) is 2.09. The molecule has 1 N–H and O–H groups in total. The first-order chi connectivity index (χ1) is 11.4. The van der Waals surface area contributed by atoms with Crippen LogP contribution in [0.4, 0.5) is 0 Å². The van der Waals surface area contributed by atoms with Crippen LogP contribution in [0.15, 0.2) is 24.3 Å². The molecule has 0 fully saturated rings. The third-order valence-corrected chi connectivity index (χ3v) is 3.69. The Morgan fingerprint density at radius 1 is 1.04 bits per heavy atom. The first-order valence-corrected chi connectivity index (χ1v) is 8.68. The van der Waals surface area contributed by atoms with E-state index in [1.54, 1.807) is 0 Å². The summed E-state index contributed by atoms with van der Waals surface area (Å²) < 4.78 is 16.6. The Kier molecular flexibility index (Phi) is 9.95. The van der Waals surface area contributed by atoms with Crippen LogP contribution in [0.25, 0.3) is 0 Å². The largest absolute Gasteiger partial charge is 0.491 e. The molecule has 0 saturated carbocycles. The minimum Gasteiger partial charge on any atom is -0.491 e. The predicted octanol–water partition coefficient (Wildman–Crippen LogP) is 2.71. The fraction of sp³-hybridized carbons (Fsp3) is 0.684. The Morgan fingerprint density at radius 3 is 2.29 bits per heavy atom. The van der Waals surface area contributed by atoms with Gasteiger partial charge >= 0.3 is 0 Å². The maximum absolute atomic E-state index is 9.99. The molecule has 0 aliphatic rings. The standard InChI is InChI=1S/C19H33NO4/c1-15(2)20(5)12-18(21)14-24-19-8-6-17(7-9-19)13-22-10-11-23-16(3)4/h6-9,15-16,18,21H,10-14H2,1-5H3. The number of likely N-dealkylation sites (N-methyl/N-ethyl adjacent to an activating group) is 1. The molecule has 0 radical (unpaired) electrons. The smallest absolute Gasteiger partial charge is 0.119 e. The van der Waals surface area contributed by atoms with Crippen LogP contribution in [0.2, 0.25) is 0 Å². The lowest BCUT2D eigenvalue weighted by atomic mass is 10.2. The van der Waals surface area contributed by atoms with E-state index in [0.29, 0.717) is 39.0 Å². The van der Waals surface area contributed by atoms with Crippen molar-refractivity contribution in [2.24, 2.45) is 0 Å². The molecule has 24 heavy (non-hydrogen) atoms. The molecule has 1 aromatic carbocycles. The van der Waals surface area contributed by atoms with Crippen molar-refractivity contribution >= 4 is 0 Å². The number of nitrogens with zero attached hydrogens (tertiary/aromatic N) is 1. The lowest BCUT2D eigenvalue weighted by Gasteiger charge is -2.24. The number of aliphatic hydroxyl groups excluding tert-OH is 1. The van der Waals surface area contributed by atoms with Gasteiger partial charge in [0, 0.05) is 12.6 Å². The van der Waals surface area contributed by atoms with Crippen molar-refractivity contribution in [1.29, 1.82) is 0 Å². The molecule has 1 aromatic rings. The van der Waals surface area contributed by atoms with Crippen molar-refractivity contribution in [3.05, 3.63) is 29.8 Å². The van der Waals surface area contributed by atoms with Gasteiger partial charge in [-0.15, -0.1) is 0 Å². The van der Waals surface area contributed by atoms with E-state index >= 15 is 0 Å². The number of benzene rings is 1. The normalized spacial score (nSPS) is 13.0. The average Bonchev–Trinajstić information content (AvgIpc) is 2.53. The molecule has 0 spiro atoms. The van der Waals surface area contributed by atoms with Crippen LogP contribution in [0.5, 0.6) is 5.75 Å². The maximum atomic E-state index is 9.99. The number of hydrogen-bond acceptors (Lipinski definition) is 5. The van der Waals surface area contributed by atoms with Gasteiger partial charge in [-0.3, -0.25) is 0 Å². The SMILES string of the molecule is CC(C)OCCOCc1ccc(OCC(O)CN(C)C(C)C)cc1. The highest BCUT2D eigenvalue weighted by Crippen LogP contribution is 2.13. The monoisotopic (exact) mass is 339 g/mol. The summed E-state index contributed by atoms with van der Waals surface area (Å²) >= 11 is 0. The fourth-order valence-corrected chi connectivity index (χ4v) is 2.00. The van der Waals surface area contributed by atoms with Crippen molar-refractivity contribution in [1.82, 2.24) is 4.90 Å². The van der Waals surface area contributed by atoms with E-state index in [1.807, 2.05) is 45.2 Å². The van der Waals surface area contributed by atoms with Crippen molar-refractivity contribution in [3.8, 4) is 5.75 Å². The van der Waals surface area contributed by atoms with E-state index in [1.165, 1.54) is 0 Å². The van der Waals surface area contributed by atoms with Crippen LogP contribution in [0, 0.1) is 0 Å². The zero-order valence-corrected chi connectivity index (χ0v) is 15.7. The quantitative estimate of drug-likeness (QED) is 0.594. The van der Waals surface area contributed by atoms with Gasteiger partial charge in [-0.25, -0.2) is 0 Å². The summed E-state index contributed by atoms with van der Waals surface area (Å²) in [6.45, 7) is 10.9. The second-order valence-electron chi connectivity index (χ2n) is 6.61. The average molecular weight is 339 g/mol. The van der Waals surface area contributed by atoms with Gasteiger partial charge in [-0.1, -0.05) is 12.1 Å². The summed E-state index contributed by atoms with van der Waals surface area (Å²) in [5, 5.41) is 9.99. The highest BCUT2D eigenvalue weighted by Gasteiger charge is 2.11. The van der Waals surface area contributed by atoms with E-state index in [2.05, 4.69) is 18.7 Å². The van der Waals surface area contributed by atoms with Crippen molar-refractivity contribution in [2.45, 2.75) is 52.6 Å². The molecule has 0 heterocycles. The van der Waals surface area contributed by atoms with Crippen molar-refractivity contribution in [2.75, 3.05) is 33.4 Å². The molecular weight excluding hydrogens is 306 g/mol. The fourth-order valence-electron chi connectivity index (χ4n) is 2.00.